The second-order valence-corrected chi connectivity index (χ2v) is 6.36. The number of hydrogen-bond acceptors (Lipinski definition) is 3. The van der Waals surface area contributed by atoms with E-state index >= 15 is 0 Å². The predicted molar refractivity (Wildman–Crippen MR) is 98.8 cm³/mol. The van der Waals surface area contributed by atoms with Crippen LogP contribution < -0.4 is 9.47 Å². The third kappa shape index (κ3) is 4.09. The number of aryl methyl sites for hydroxylation is 1. The molecule has 0 atom stereocenters. The highest BCUT2D eigenvalue weighted by Gasteiger charge is 2.18. The van der Waals surface area contributed by atoms with Gasteiger partial charge in [-0.1, -0.05) is 24.3 Å². The van der Waals surface area contributed by atoms with Gasteiger partial charge in [0.05, 0.1) is 18.2 Å². The highest BCUT2D eigenvalue weighted by atomic mass is 79.9. The molecule has 2 aromatic rings. The second kappa shape index (κ2) is 8.20. The molecule has 0 saturated heterocycles. The fourth-order valence-corrected chi connectivity index (χ4v) is 3.02. The average molecular weight is 392 g/mol. The second-order valence-electron chi connectivity index (χ2n) is 5.51. The molecule has 24 heavy (non-hydrogen) atoms. The largest absolute Gasteiger partial charge is 0.493 e. The Morgan fingerprint density at radius 3 is 2.58 bits per heavy atom. The zero-order chi connectivity index (χ0) is 17.7. The standard InChI is InChI=1S/C19H22BrNO3/c1-5-24-18-16(20)10-15(11-17(18)23-4)19(22)21(3)12-14-9-7-6-8-13(14)2/h6-11H,5,12H2,1-4H3. The summed E-state index contributed by atoms with van der Waals surface area (Å²) in [4.78, 5) is 14.5. The van der Waals surface area contributed by atoms with Crippen molar-refractivity contribution in [2.45, 2.75) is 20.4 Å². The summed E-state index contributed by atoms with van der Waals surface area (Å²) in [5.41, 5.74) is 2.85. The number of amides is 1. The van der Waals surface area contributed by atoms with Gasteiger partial charge < -0.3 is 14.4 Å². The lowest BCUT2D eigenvalue weighted by molar-refractivity contribution is 0.0784. The zero-order valence-electron chi connectivity index (χ0n) is 14.4. The molecule has 0 aliphatic heterocycles. The van der Waals surface area contributed by atoms with E-state index in [0.717, 1.165) is 5.56 Å². The molecule has 0 radical (unpaired) electrons. The fourth-order valence-electron chi connectivity index (χ4n) is 2.46. The molecule has 2 rings (SSSR count). The van der Waals surface area contributed by atoms with Crippen LogP contribution in [-0.2, 0) is 6.54 Å². The molecule has 0 unspecified atom stereocenters. The Hall–Kier alpha value is -2.01. The van der Waals surface area contributed by atoms with Crippen LogP contribution in [-0.4, -0.2) is 31.6 Å². The molecule has 0 fully saturated rings. The van der Waals surface area contributed by atoms with Gasteiger partial charge in [-0.15, -0.1) is 0 Å². The minimum atomic E-state index is -0.0692. The highest BCUT2D eigenvalue weighted by molar-refractivity contribution is 9.10. The van der Waals surface area contributed by atoms with Crippen LogP contribution in [0.25, 0.3) is 0 Å². The maximum Gasteiger partial charge on any atom is 0.254 e. The van der Waals surface area contributed by atoms with Crippen molar-refractivity contribution >= 4 is 21.8 Å². The van der Waals surface area contributed by atoms with Gasteiger partial charge in [0.15, 0.2) is 11.5 Å². The van der Waals surface area contributed by atoms with Crippen LogP contribution >= 0.6 is 15.9 Å². The number of carbonyl (C=O) groups excluding carboxylic acids is 1. The van der Waals surface area contributed by atoms with Crippen LogP contribution in [0.5, 0.6) is 11.5 Å². The van der Waals surface area contributed by atoms with E-state index in [1.54, 1.807) is 31.2 Å². The summed E-state index contributed by atoms with van der Waals surface area (Å²) in [5, 5.41) is 0. The van der Waals surface area contributed by atoms with E-state index in [4.69, 9.17) is 9.47 Å². The van der Waals surface area contributed by atoms with Crippen LogP contribution in [0.2, 0.25) is 0 Å². The first-order valence-corrected chi connectivity index (χ1v) is 8.57. The van der Waals surface area contributed by atoms with Crippen molar-refractivity contribution in [1.82, 2.24) is 4.90 Å². The van der Waals surface area contributed by atoms with Crippen molar-refractivity contribution in [2.24, 2.45) is 0 Å². The molecular weight excluding hydrogens is 370 g/mol. The number of hydrogen-bond donors (Lipinski definition) is 0. The Balaban J connectivity index is 2.25. The molecule has 5 heteroatoms. The molecule has 0 aliphatic rings. The minimum Gasteiger partial charge on any atom is -0.493 e. The molecule has 1 amide bonds. The molecule has 0 heterocycles. The monoisotopic (exact) mass is 391 g/mol. The molecule has 4 nitrogen and oxygen atoms in total. The average Bonchev–Trinajstić information content (AvgIpc) is 2.57. The Labute approximate surface area is 151 Å². The van der Waals surface area contributed by atoms with E-state index in [-0.39, 0.29) is 5.91 Å². The zero-order valence-corrected chi connectivity index (χ0v) is 16.0. The van der Waals surface area contributed by atoms with Crippen LogP contribution in [0.3, 0.4) is 0 Å². The first-order chi connectivity index (χ1) is 11.5. The van der Waals surface area contributed by atoms with E-state index in [1.807, 2.05) is 38.1 Å². The van der Waals surface area contributed by atoms with Crippen molar-refractivity contribution in [3.05, 3.63) is 57.6 Å². The number of nitrogens with zero attached hydrogens (tertiary/aromatic N) is 1. The molecular formula is C19H22BrNO3. The lowest BCUT2D eigenvalue weighted by Crippen LogP contribution is -2.26. The van der Waals surface area contributed by atoms with Crippen LogP contribution in [0.1, 0.15) is 28.4 Å². The summed E-state index contributed by atoms with van der Waals surface area (Å²) < 4.78 is 11.6. The van der Waals surface area contributed by atoms with Crippen molar-refractivity contribution in [1.29, 1.82) is 0 Å². The van der Waals surface area contributed by atoms with Crippen LogP contribution in [0, 0.1) is 6.92 Å². The van der Waals surface area contributed by atoms with Gasteiger partial charge in [-0.05, 0) is 53.0 Å². The van der Waals surface area contributed by atoms with E-state index in [1.165, 1.54) is 5.56 Å². The van der Waals surface area contributed by atoms with Gasteiger partial charge in [-0.3, -0.25) is 4.79 Å². The third-order valence-electron chi connectivity index (χ3n) is 3.78. The van der Waals surface area contributed by atoms with E-state index < -0.39 is 0 Å². The summed E-state index contributed by atoms with van der Waals surface area (Å²) in [7, 11) is 3.36. The SMILES string of the molecule is CCOc1c(Br)cc(C(=O)N(C)Cc2ccccc2C)cc1OC. The molecule has 0 aliphatic carbocycles. The maximum absolute atomic E-state index is 12.8. The Morgan fingerprint density at radius 1 is 1.25 bits per heavy atom. The Bertz CT molecular complexity index is 731. The molecule has 0 spiro atoms. The number of carbonyl (C=O) groups is 1. The molecule has 128 valence electrons. The van der Waals surface area contributed by atoms with Gasteiger partial charge in [-0.2, -0.15) is 0 Å². The summed E-state index contributed by atoms with van der Waals surface area (Å²) >= 11 is 3.46. The number of methoxy groups -OCH3 is 1. The fraction of sp³-hybridized carbons (Fsp3) is 0.316. The number of ether oxygens (including phenoxy) is 2. The maximum atomic E-state index is 12.8. The first-order valence-electron chi connectivity index (χ1n) is 7.78. The van der Waals surface area contributed by atoms with Crippen LogP contribution in [0.4, 0.5) is 0 Å². The van der Waals surface area contributed by atoms with Gasteiger partial charge in [-0.25, -0.2) is 0 Å². The summed E-state index contributed by atoms with van der Waals surface area (Å²) in [6.45, 7) is 5.03. The normalized spacial score (nSPS) is 10.4. The molecule has 0 bridgehead atoms. The molecule has 0 saturated carbocycles. The van der Waals surface area contributed by atoms with Crippen molar-refractivity contribution < 1.29 is 14.3 Å². The summed E-state index contributed by atoms with van der Waals surface area (Å²) in [6, 6.07) is 11.5. The van der Waals surface area contributed by atoms with Gasteiger partial charge in [0.2, 0.25) is 0 Å². The van der Waals surface area contributed by atoms with Gasteiger partial charge in [0.1, 0.15) is 0 Å². The lowest BCUT2D eigenvalue weighted by Gasteiger charge is -2.20. The smallest absolute Gasteiger partial charge is 0.254 e. The third-order valence-corrected chi connectivity index (χ3v) is 4.37. The van der Waals surface area contributed by atoms with Crippen molar-refractivity contribution in [3.8, 4) is 11.5 Å². The highest BCUT2D eigenvalue weighted by Crippen LogP contribution is 2.37. The lowest BCUT2D eigenvalue weighted by atomic mass is 10.1. The molecule has 0 aromatic heterocycles. The van der Waals surface area contributed by atoms with E-state index in [0.29, 0.717) is 34.7 Å². The minimum absolute atomic E-state index is 0.0692. The van der Waals surface area contributed by atoms with Crippen molar-refractivity contribution in [2.75, 3.05) is 20.8 Å². The quantitative estimate of drug-likeness (QED) is 0.730. The summed E-state index contributed by atoms with van der Waals surface area (Å²) in [6.07, 6.45) is 0. The number of rotatable bonds is 6. The van der Waals surface area contributed by atoms with E-state index in [2.05, 4.69) is 15.9 Å². The van der Waals surface area contributed by atoms with Gasteiger partial charge in [0, 0.05) is 19.2 Å². The number of halogens is 1. The van der Waals surface area contributed by atoms with Crippen LogP contribution in [0.15, 0.2) is 40.9 Å². The predicted octanol–water partition coefficient (Wildman–Crippen LogP) is 4.44. The van der Waals surface area contributed by atoms with Crippen molar-refractivity contribution in [3.63, 3.8) is 0 Å². The van der Waals surface area contributed by atoms with Gasteiger partial charge in [0.25, 0.3) is 5.91 Å². The number of benzene rings is 2. The molecule has 2 aromatic carbocycles. The molecule has 0 N–H and O–H groups in total. The topological polar surface area (TPSA) is 38.8 Å². The Morgan fingerprint density at radius 2 is 1.96 bits per heavy atom. The van der Waals surface area contributed by atoms with E-state index in [9.17, 15) is 4.79 Å². The first kappa shape index (κ1) is 18.3. The summed E-state index contributed by atoms with van der Waals surface area (Å²) in [5.74, 6) is 1.08. The van der Waals surface area contributed by atoms with Gasteiger partial charge >= 0.3 is 0 Å². The Kier molecular flexibility index (Phi) is 6.26.